The molecule has 0 bridgehead atoms. The van der Waals surface area contributed by atoms with E-state index in [9.17, 15) is 10.1 Å². The maximum absolute atomic E-state index is 11.9. The van der Waals surface area contributed by atoms with Gasteiger partial charge in [-0.2, -0.15) is 10.4 Å². The van der Waals surface area contributed by atoms with Crippen LogP contribution in [0.5, 0.6) is 0 Å². The van der Waals surface area contributed by atoms with E-state index < -0.39 is 0 Å². The molecule has 3 aromatic rings. The molecule has 0 spiro atoms. The van der Waals surface area contributed by atoms with Crippen LogP contribution in [-0.4, -0.2) is 82.3 Å². The first-order chi connectivity index (χ1) is 18.7. The summed E-state index contributed by atoms with van der Waals surface area (Å²) in [6, 6.07) is 7.27. The number of halogens is 2. The Morgan fingerprint density at radius 3 is 2.74 bits per heavy atom. The smallest absolute Gasteiger partial charge is 0.222 e. The highest BCUT2D eigenvalue weighted by Crippen LogP contribution is 2.35. The third-order valence-electron chi connectivity index (χ3n) is 8.08. The molecule has 4 heterocycles. The number of nitriles is 1. The van der Waals surface area contributed by atoms with E-state index in [1.54, 1.807) is 27.9 Å². The molecule has 0 N–H and O–H groups in total. The average Bonchev–Trinajstić information content (AvgIpc) is 3.26. The minimum atomic E-state index is -0.255. The summed E-state index contributed by atoms with van der Waals surface area (Å²) in [6.07, 6.45) is 5.72. The SMILES string of the molecule is C[C@H](c1ccc(Cl)cc1Cl)n1nc(C#N)c2ncc(N3CC([C@@H]4CCCN(CCCC(=O)N(C)C)C4)C3)nc21. The molecule has 1 amide bonds. The van der Waals surface area contributed by atoms with E-state index in [0.717, 1.165) is 50.5 Å². The number of benzene rings is 1. The summed E-state index contributed by atoms with van der Waals surface area (Å²) >= 11 is 12.6. The molecule has 2 aliphatic rings. The van der Waals surface area contributed by atoms with Gasteiger partial charge in [-0.1, -0.05) is 29.3 Å². The second kappa shape index (κ2) is 11.7. The molecule has 0 saturated carbocycles. The van der Waals surface area contributed by atoms with Crippen molar-refractivity contribution in [1.29, 1.82) is 5.26 Å². The van der Waals surface area contributed by atoms with Crippen LogP contribution in [0.15, 0.2) is 24.4 Å². The zero-order valence-electron chi connectivity index (χ0n) is 22.6. The zero-order chi connectivity index (χ0) is 27.7. The third-order valence-corrected chi connectivity index (χ3v) is 8.64. The van der Waals surface area contributed by atoms with Crippen molar-refractivity contribution >= 4 is 46.1 Å². The topological polar surface area (TPSA) is 94.2 Å². The third kappa shape index (κ3) is 5.84. The highest BCUT2D eigenvalue weighted by Gasteiger charge is 2.36. The number of likely N-dealkylation sites (tertiary alicyclic amines) is 1. The number of carbonyl (C=O) groups excluding carboxylic acids is 1. The van der Waals surface area contributed by atoms with Crippen molar-refractivity contribution in [2.24, 2.45) is 11.8 Å². The van der Waals surface area contributed by atoms with Gasteiger partial charge in [0.25, 0.3) is 0 Å². The van der Waals surface area contributed by atoms with Crippen molar-refractivity contribution < 1.29 is 4.79 Å². The molecular weight excluding hydrogens is 535 g/mol. The van der Waals surface area contributed by atoms with Crippen LogP contribution < -0.4 is 4.90 Å². The molecule has 206 valence electrons. The van der Waals surface area contributed by atoms with Crippen LogP contribution in [0, 0.1) is 23.2 Å². The summed E-state index contributed by atoms with van der Waals surface area (Å²) in [7, 11) is 3.63. The molecule has 39 heavy (non-hydrogen) atoms. The first kappa shape index (κ1) is 27.6. The monoisotopic (exact) mass is 568 g/mol. The molecule has 5 rings (SSSR count). The maximum Gasteiger partial charge on any atom is 0.222 e. The molecule has 2 atom stereocenters. The normalized spacial score (nSPS) is 19.1. The van der Waals surface area contributed by atoms with Crippen LogP contribution in [0.1, 0.15) is 49.9 Å². The van der Waals surface area contributed by atoms with E-state index in [-0.39, 0.29) is 17.6 Å². The molecule has 0 radical (unpaired) electrons. The largest absolute Gasteiger partial charge is 0.355 e. The van der Waals surface area contributed by atoms with Gasteiger partial charge >= 0.3 is 0 Å². The van der Waals surface area contributed by atoms with E-state index in [1.807, 2.05) is 27.1 Å². The van der Waals surface area contributed by atoms with Crippen molar-refractivity contribution in [2.45, 2.75) is 38.6 Å². The summed E-state index contributed by atoms with van der Waals surface area (Å²) in [4.78, 5) is 27.9. The Morgan fingerprint density at radius 2 is 2.03 bits per heavy atom. The Labute approximate surface area is 239 Å². The van der Waals surface area contributed by atoms with Crippen LogP contribution in [0.2, 0.25) is 10.0 Å². The fourth-order valence-electron chi connectivity index (χ4n) is 5.72. The van der Waals surface area contributed by atoms with E-state index in [4.69, 9.17) is 28.2 Å². The second-order valence-corrected chi connectivity index (χ2v) is 11.8. The zero-order valence-corrected chi connectivity index (χ0v) is 24.2. The molecule has 11 heteroatoms. The first-order valence-corrected chi connectivity index (χ1v) is 14.3. The maximum atomic E-state index is 11.9. The Bertz CT molecular complexity index is 1390. The van der Waals surface area contributed by atoms with Gasteiger partial charge in [0, 0.05) is 50.2 Å². The molecule has 9 nitrogen and oxygen atoms in total. The number of hydrogen-bond donors (Lipinski definition) is 0. The number of carbonyl (C=O) groups is 1. The van der Waals surface area contributed by atoms with Gasteiger partial charge in [-0.25, -0.2) is 14.6 Å². The van der Waals surface area contributed by atoms with Gasteiger partial charge in [-0.05, 0) is 68.8 Å². The van der Waals surface area contributed by atoms with Crippen molar-refractivity contribution in [2.75, 3.05) is 51.7 Å². The number of fused-ring (bicyclic) bond motifs is 1. The minimum absolute atomic E-state index is 0.199. The Balaban J connectivity index is 1.26. The minimum Gasteiger partial charge on any atom is -0.355 e. The second-order valence-electron chi connectivity index (χ2n) is 10.9. The van der Waals surface area contributed by atoms with Crippen molar-refractivity contribution in [1.82, 2.24) is 29.5 Å². The lowest BCUT2D eigenvalue weighted by molar-refractivity contribution is -0.128. The lowest BCUT2D eigenvalue weighted by Crippen LogP contribution is -2.54. The Kier molecular flexibility index (Phi) is 8.27. The first-order valence-electron chi connectivity index (χ1n) is 13.5. The van der Waals surface area contributed by atoms with Crippen LogP contribution in [0.4, 0.5) is 5.82 Å². The molecular formula is C28H34Cl2N8O. The van der Waals surface area contributed by atoms with Gasteiger partial charge in [0.2, 0.25) is 5.91 Å². The van der Waals surface area contributed by atoms with E-state index in [2.05, 4.69) is 26.0 Å². The molecule has 2 aliphatic heterocycles. The Morgan fingerprint density at radius 1 is 1.23 bits per heavy atom. The standard InChI is InChI=1S/C28H34Cl2N8O/c1-18(22-9-8-21(29)12-23(22)30)38-28-27(24(13-31)34-38)32-14-25(33-28)37-16-20(17-37)19-6-4-10-36(15-19)11-5-7-26(39)35(2)3/h8-9,12,14,18-20H,4-7,10-11,15-17H2,1-3H3/t18-,19-/m1/s1. The highest BCUT2D eigenvalue weighted by atomic mass is 35.5. The summed E-state index contributed by atoms with van der Waals surface area (Å²) < 4.78 is 1.73. The van der Waals surface area contributed by atoms with Crippen molar-refractivity contribution in [3.05, 3.63) is 45.7 Å². The number of amides is 1. The van der Waals surface area contributed by atoms with Crippen LogP contribution in [0.25, 0.3) is 11.2 Å². The van der Waals surface area contributed by atoms with Gasteiger partial charge in [0.1, 0.15) is 17.4 Å². The van der Waals surface area contributed by atoms with Gasteiger partial charge < -0.3 is 14.7 Å². The number of piperidine rings is 1. The summed E-state index contributed by atoms with van der Waals surface area (Å²) in [6.45, 7) is 7.05. The number of nitrogens with zero attached hydrogens (tertiary/aromatic N) is 8. The van der Waals surface area contributed by atoms with Crippen LogP contribution in [0.3, 0.4) is 0 Å². The molecule has 2 saturated heterocycles. The van der Waals surface area contributed by atoms with Crippen molar-refractivity contribution in [3.63, 3.8) is 0 Å². The molecule has 1 aromatic carbocycles. The van der Waals surface area contributed by atoms with E-state index in [0.29, 0.717) is 39.5 Å². The number of hydrogen-bond acceptors (Lipinski definition) is 7. The lowest BCUT2D eigenvalue weighted by Gasteiger charge is -2.47. The molecule has 0 aliphatic carbocycles. The Hall–Kier alpha value is -2.93. The van der Waals surface area contributed by atoms with E-state index >= 15 is 0 Å². The molecule has 0 unspecified atom stereocenters. The van der Waals surface area contributed by atoms with E-state index in [1.165, 1.54) is 12.8 Å². The van der Waals surface area contributed by atoms with Gasteiger partial charge in [-0.3, -0.25) is 4.79 Å². The van der Waals surface area contributed by atoms with Crippen molar-refractivity contribution in [3.8, 4) is 6.07 Å². The summed E-state index contributed by atoms with van der Waals surface area (Å²) in [5.41, 5.74) is 2.16. The predicted octanol–water partition coefficient (Wildman–Crippen LogP) is 4.63. The summed E-state index contributed by atoms with van der Waals surface area (Å²) in [5, 5.41) is 15.3. The van der Waals surface area contributed by atoms with Gasteiger partial charge in [0.15, 0.2) is 11.3 Å². The van der Waals surface area contributed by atoms with Crippen LogP contribution in [-0.2, 0) is 4.79 Å². The average molecular weight is 570 g/mol. The number of anilines is 1. The fourth-order valence-corrected chi connectivity index (χ4v) is 6.29. The number of rotatable bonds is 8. The highest BCUT2D eigenvalue weighted by molar-refractivity contribution is 6.35. The predicted molar refractivity (Wildman–Crippen MR) is 153 cm³/mol. The lowest BCUT2D eigenvalue weighted by atomic mass is 9.80. The van der Waals surface area contributed by atoms with Gasteiger partial charge in [-0.15, -0.1) is 0 Å². The number of aromatic nitrogens is 4. The quantitative estimate of drug-likeness (QED) is 0.391. The van der Waals surface area contributed by atoms with Crippen LogP contribution >= 0.6 is 23.2 Å². The summed E-state index contributed by atoms with van der Waals surface area (Å²) in [5.74, 6) is 2.26. The van der Waals surface area contributed by atoms with Gasteiger partial charge in [0.05, 0.1) is 12.2 Å². The molecule has 2 aromatic heterocycles. The fraction of sp³-hybridized carbons (Fsp3) is 0.536. The molecule has 2 fully saturated rings.